The molecule has 0 saturated carbocycles. The fourth-order valence-corrected chi connectivity index (χ4v) is 3.10. The number of halogens is 1. The molecule has 0 radical (unpaired) electrons. The molecule has 6 heteroatoms. The minimum atomic E-state index is -0.230. The molecule has 1 aliphatic heterocycles. The summed E-state index contributed by atoms with van der Waals surface area (Å²) in [5, 5.41) is 7.39. The van der Waals surface area contributed by atoms with Crippen molar-refractivity contribution in [1.29, 1.82) is 0 Å². The molecule has 1 aliphatic rings. The van der Waals surface area contributed by atoms with Gasteiger partial charge in [-0.05, 0) is 44.5 Å². The first-order valence-electron chi connectivity index (χ1n) is 6.62. The van der Waals surface area contributed by atoms with Gasteiger partial charge in [-0.3, -0.25) is 0 Å². The van der Waals surface area contributed by atoms with E-state index in [1.54, 1.807) is 6.07 Å². The zero-order valence-corrected chi connectivity index (χ0v) is 12.0. The molecule has 0 spiro atoms. The second-order valence-corrected chi connectivity index (χ2v) is 6.17. The summed E-state index contributed by atoms with van der Waals surface area (Å²) in [4.78, 5) is 5.31. The number of benzene rings is 1. The average molecular weight is 293 g/mol. The van der Waals surface area contributed by atoms with E-state index in [1.807, 2.05) is 6.07 Å². The Labute approximate surface area is 121 Å². The van der Waals surface area contributed by atoms with Crippen LogP contribution in [-0.4, -0.2) is 16.7 Å². The second kappa shape index (κ2) is 5.54. The Morgan fingerprint density at radius 2 is 2.40 bits per heavy atom. The number of hydrogen-bond acceptors (Lipinski definition) is 5. The van der Waals surface area contributed by atoms with Gasteiger partial charge in [0.05, 0.1) is 11.3 Å². The van der Waals surface area contributed by atoms with Crippen LogP contribution in [0.3, 0.4) is 0 Å². The quantitative estimate of drug-likeness (QED) is 0.878. The lowest BCUT2D eigenvalue weighted by Gasteiger charge is -2.18. The number of thioether (sulfide) groups is 1. The molecule has 1 aromatic carbocycles. The lowest BCUT2D eigenvalue weighted by Crippen LogP contribution is -2.33. The standard InChI is InChI=1S/C14H16FN3OS/c1-14(6-3-7-16-14)13-17-12(18-19-13)9-20-11-5-2-4-10(15)8-11/h2,4-5,8,16H,3,6-7,9H2,1H3. The maximum Gasteiger partial charge on any atom is 0.246 e. The molecular weight excluding hydrogens is 277 g/mol. The van der Waals surface area contributed by atoms with Gasteiger partial charge < -0.3 is 9.84 Å². The third-order valence-corrected chi connectivity index (χ3v) is 4.46. The summed E-state index contributed by atoms with van der Waals surface area (Å²) in [5.74, 6) is 1.63. The Balaban J connectivity index is 1.65. The van der Waals surface area contributed by atoms with E-state index in [2.05, 4.69) is 22.4 Å². The zero-order valence-electron chi connectivity index (χ0n) is 11.2. The molecule has 2 aromatic rings. The van der Waals surface area contributed by atoms with Gasteiger partial charge in [0.15, 0.2) is 5.82 Å². The molecule has 1 atom stereocenters. The molecule has 1 N–H and O–H groups in total. The van der Waals surface area contributed by atoms with Crippen molar-refractivity contribution in [3.05, 3.63) is 41.8 Å². The van der Waals surface area contributed by atoms with Crippen molar-refractivity contribution in [2.24, 2.45) is 0 Å². The topological polar surface area (TPSA) is 51.0 Å². The normalized spacial score (nSPS) is 22.3. The highest BCUT2D eigenvalue weighted by Crippen LogP contribution is 2.29. The van der Waals surface area contributed by atoms with Gasteiger partial charge in [0.25, 0.3) is 0 Å². The van der Waals surface area contributed by atoms with Gasteiger partial charge in [-0.1, -0.05) is 11.2 Å². The van der Waals surface area contributed by atoms with E-state index in [1.165, 1.54) is 23.9 Å². The summed E-state index contributed by atoms with van der Waals surface area (Å²) in [6.45, 7) is 3.06. The van der Waals surface area contributed by atoms with Crippen molar-refractivity contribution in [3.63, 3.8) is 0 Å². The van der Waals surface area contributed by atoms with Crippen LogP contribution in [0.4, 0.5) is 4.39 Å². The van der Waals surface area contributed by atoms with Gasteiger partial charge in [0.2, 0.25) is 5.89 Å². The minimum absolute atomic E-state index is 0.200. The average Bonchev–Trinajstić information content (AvgIpc) is 3.06. The van der Waals surface area contributed by atoms with Crippen LogP contribution >= 0.6 is 11.8 Å². The van der Waals surface area contributed by atoms with Gasteiger partial charge >= 0.3 is 0 Å². The van der Waals surface area contributed by atoms with Gasteiger partial charge in [-0.2, -0.15) is 4.98 Å². The fraction of sp³-hybridized carbons (Fsp3) is 0.429. The number of nitrogens with one attached hydrogen (secondary N) is 1. The third kappa shape index (κ3) is 2.86. The zero-order chi connectivity index (χ0) is 14.0. The van der Waals surface area contributed by atoms with Crippen LogP contribution in [-0.2, 0) is 11.3 Å². The van der Waals surface area contributed by atoms with Crippen LogP contribution in [0, 0.1) is 5.82 Å². The van der Waals surface area contributed by atoms with E-state index < -0.39 is 0 Å². The van der Waals surface area contributed by atoms with Crippen molar-refractivity contribution in [2.45, 2.75) is 36.0 Å². The predicted molar refractivity (Wildman–Crippen MR) is 74.8 cm³/mol. The van der Waals surface area contributed by atoms with Gasteiger partial charge in [-0.25, -0.2) is 4.39 Å². The maximum atomic E-state index is 13.1. The van der Waals surface area contributed by atoms with Crippen molar-refractivity contribution in [1.82, 2.24) is 15.5 Å². The van der Waals surface area contributed by atoms with E-state index >= 15 is 0 Å². The van der Waals surface area contributed by atoms with Crippen LogP contribution in [0.25, 0.3) is 0 Å². The van der Waals surface area contributed by atoms with E-state index in [4.69, 9.17) is 4.52 Å². The lowest BCUT2D eigenvalue weighted by molar-refractivity contribution is 0.274. The summed E-state index contributed by atoms with van der Waals surface area (Å²) in [6, 6.07) is 6.51. The van der Waals surface area contributed by atoms with Gasteiger partial charge in [0, 0.05) is 4.90 Å². The molecule has 4 nitrogen and oxygen atoms in total. The molecule has 20 heavy (non-hydrogen) atoms. The largest absolute Gasteiger partial charge is 0.337 e. The van der Waals surface area contributed by atoms with E-state index in [0.717, 1.165) is 24.3 Å². The Bertz CT molecular complexity index is 596. The molecule has 106 valence electrons. The maximum absolute atomic E-state index is 13.1. The Kier molecular flexibility index (Phi) is 3.76. The molecule has 0 amide bonds. The first kappa shape index (κ1) is 13.6. The van der Waals surface area contributed by atoms with Gasteiger partial charge in [0.1, 0.15) is 5.82 Å². The van der Waals surface area contributed by atoms with Crippen molar-refractivity contribution >= 4 is 11.8 Å². The molecule has 0 aliphatic carbocycles. The van der Waals surface area contributed by atoms with Crippen molar-refractivity contribution < 1.29 is 8.91 Å². The summed E-state index contributed by atoms with van der Waals surface area (Å²) >= 11 is 1.50. The van der Waals surface area contributed by atoms with Crippen LogP contribution in [0.15, 0.2) is 33.7 Å². The summed E-state index contributed by atoms with van der Waals surface area (Å²) in [6.07, 6.45) is 2.12. The summed E-state index contributed by atoms with van der Waals surface area (Å²) < 4.78 is 18.4. The summed E-state index contributed by atoms with van der Waals surface area (Å²) in [5.41, 5.74) is -0.200. The van der Waals surface area contributed by atoms with E-state index in [-0.39, 0.29) is 11.4 Å². The number of aromatic nitrogens is 2. The molecule has 2 heterocycles. The molecule has 1 unspecified atom stereocenters. The second-order valence-electron chi connectivity index (χ2n) is 5.12. The smallest absolute Gasteiger partial charge is 0.246 e. The highest BCUT2D eigenvalue weighted by Gasteiger charge is 2.35. The molecule has 1 saturated heterocycles. The fourth-order valence-electron chi connectivity index (χ4n) is 2.32. The number of hydrogen-bond donors (Lipinski definition) is 1. The van der Waals surface area contributed by atoms with Crippen LogP contribution < -0.4 is 5.32 Å². The molecule has 1 aromatic heterocycles. The molecule has 1 fully saturated rings. The van der Waals surface area contributed by atoms with Gasteiger partial charge in [-0.15, -0.1) is 11.8 Å². The van der Waals surface area contributed by atoms with Crippen LogP contribution in [0.5, 0.6) is 0 Å². The van der Waals surface area contributed by atoms with Crippen molar-refractivity contribution in [3.8, 4) is 0 Å². The third-order valence-electron chi connectivity index (χ3n) is 3.47. The highest BCUT2D eigenvalue weighted by molar-refractivity contribution is 7.98. The van der Waals surface area contributed by atoms with Crippen molar-refractivity contribution in [2.75, 3.05) is 6.54 Å². The Hall–Kier alpha value is -1.40. The number of rotatable bonds is 4. The summed E-state index contributed by atoms with van der Waals surface area (Å²) in [7, 11) is 0. The van der Waals surface area contributed by atoms with E-state index in [0.29, 0.717) is 17.5 Å². The highest BCUT2D eigenvalue weighted by atomic mass is 32.2. The molecule has 0 bridgehead atoms. The minimum Gasteiger partial charge on any atom is -0.337 e. The first-order chi connectivity index (χ1) is 9.66. The molecule has 3 rings (SSSR count). The SMILES string of the molecule is CC1(c2nc(CSc3cccc(F)c3)no2)CCCN1. The molecular formula is C14H16FN3OS. The van der Waals surface area contributed by atoms with Crippen LogP contribution in [0.1, 0.15) is 31.5 Å². The Morgan fingerprint density at radius 3 is 3.15 bits per heavy atom. The van der Waals surface area contributed by atoms with Crippen LogP contribution in [0.2, 0.25) is 0 Å². The monoisotopic (exact) mass is 293 g/mol. The van der Waals surface area contributed by atoms with E-state index in [9.17, 15) is 4.39 Å². The lowest BCUT2D eigenvalue weighted by atomic mass is 10.0. The first-order valence-corrected chi connectivity index (χ1v) is 7.61. The Morgan fingerprint density at radius 1 is 1.50 bits per heavy atom. The number of nitrogens with zero attached hydrogens (tertiary/aromatic N) is 2. The predicted octanol–water partition coefficient (Wildman–Crippen LogP) is 3.10.